The van der Waals surface area contributed by atoms with Crippen molar-refractivity contribution in [2.45, 2.75) is 6.92 Å². The van der Waals surface area contributed by atoms with Gasteiger partial charge in [0, 0.05) is 5.56 Å². The predicted octanol–water partition coefficient (Wildman–Crippen LogP) is 3.02. The Morgan fingerprint density at radius 1 is 1.04 bits per heavy atom. The Kier molecular flexibility index (Phi) is 5.30. The SMILES string of the molecule is COC(=O)c1sc(NC(=O)c2ccc(F)cc2)c(C(=O)OC)c1C. The number of benzene rings is 1. The zero-order chi connectivity index (χ0) is 17.9. The molecule has 8 heteroatoms. The number of nitrogens with one attached hydrogen (secondary N) is 1. The molecule has 2 aromatic rings. The van der Waals surface area contributed by atoms with E-state index in [-0.39, 0.29) is 21.0 Å². The third-order valence-corrected chi connectivity index (χ3v) is 4.43. The minimum Gasteiger partial charge on any atom is -0.465 e. The first kappa shape index (κ1) is 17.6. The second kappa shape index (κ2) is 7.22. The summed E-state index contributed by atoms with van der Waals surface area (Å²) in [6.07, 6.45) is 0. The molecule has 0 aliphatic rings. The number of carbonyl (C=O) groups excluding carboxylic acids is 3. The molecule has 0 fully saturated rings. The maximum Gasteiger partial charge on any atom is 0.348 e. The van der Waals surface area contributed by atoms with Crippen LogP contribution in [0.15, 0.2) is 24.3 Å². The Balaban J connectivity index is 2.41. The average molecular weight is 351 g/mol. The summed E-state index contributed by atoms with van der Waals surface area (Å²) >= 11 is 0.907. The van der Waals surface area contributed by atoms with Gasteiger partial charge in [-0.2, -0.15) is 0 Å². The minimum absolute atomic E-state index is 0.0818. The first-order valence-corrected chi connectivity index (χ1v) is 7.57. The van der Waals surface area contributed by atoms with Crippen molar-refractivity contribution in [1.29, 1.82) is 0 Å². The first-order chi connectivity index (χ1) is 11.4. The van der Waals surface area contributed by atoms with Crippen LogP contribution < -0.4 is 5.32 Å². The van der Waals surface area contributed by atoms with E-state index in [1.165, 1.54) is 26.4 Å². The highest BCUT2D eigenvalue weighted by atomic mass is 32.1. The zero-order valence-corrected chi connectivity index (χ0v) is 14.0. The van der Waals surface area contributed by atoms with Crippen LogP contribution in [0.4, 0.5) is 9.39 Å². The maximum atomic E-state index is 12.9. The molecular weight excluding hydrogens is 337 g/mol. The van der Waals surface area contributed by atoms with E-state index < -0.39 is 23.7 Å². The maximum absolute atomic E-state index is 12.9. The highest BCUT2D eigenvalue weighted by Crippen LogP contribution is 2.34. The number of halogens is 1. The number of hydrogen-bond acceptors (Lipinski definition) is 6. The molecule has 0 unspecified atom stereocenters. The van der Waals surface area contributed by atoms with Gasteiger partial charge in [-0.15, -0.1) is 11.3 Å². The molecule has 1 heterocycles. The summed E-state index contributed by atoms with van der Waals surface area (Å²) < 4.78 is 22.3. The summed E-state index contributed by atoms with van der Waals surface area (Å²) in [4.78, 5) is 36.2. The van der Waals surface area contributed by atoms with Gasteiger partial charge in [-0.1, -0.05) is 0 Å². The Morgan fingerprint density at radius 2 is 1.62 bits per heavy atom. The molecule has 0 atom stereocenters. The molecule has 0 bridgehead atoms. The fourth-order valence-corrected chi connectivity index (χ4v) is 3.12. The third kappa shape index (κ3) is 3.43. The van der Waals surface area contributed by atoms with Crippen molar-refractivity contribution in [3.05, 3.63) is 51.7 Å². The zero-order valence-electron chi connectivity index (χ0n) is 13.1. The second-order valence-corrected chi connectivity index (χ2v) is 5.73. The first-order valence-electron chi connectivity index (χ1n) is 6.76. The summed E-state index contributed by atoms with van der Waals surface area (Å²) in [5.41, 5.74) is 0.643. The fourth-order valence-electron chi connectivity index (χ4n) is 2.01. The van der Waals surface area contributed by atoms with Crippen LogP contribution >= 0.6 is 11.3 Å². The number of esters is 2. The highest BCUT2D eigenvalue weighted by Gasteiger charge is 2.26. The predicted molar refractivity (Wildman–Crippen MR) is 86.1 cm³/mol. The van der Waals surface area contributed by atoms with Crippen molar-refractivity contribution < 1.29 is 28.2 Å². The number of methoxy groups -OCH3 is 2. The molecule has 126 valence electrons. The van der Waals surface area contributed by atoms with Gasteiger partial charge in [0.05, 0.1) is 19.8 Å². The number of thiophene rings is 1. The van der Waals surface area contributed by atoms with E-state index in [4.69, 9.17) is 4.74 Å². The van der Waals surface area contributed by atoms with E-state index in [9.17, 15) is 18.8 Å². The lowest BCUT2D eigenvalue weighted by atomic mass is 10.1. The minimum atomic E-state index is -0.687. The summed E-state index contributed by atoms with van der Waals surface area (Å²) in [6.45, 7) is 1.56. The van der Waals surface area contributed by atoms with Crippen LogP contribution in [-0.2, 0) is 9.47 Å². The molecule has 0 aliphatic carbocycles. The summed E-state index contributed by atoms with van der Waals surface area (Å²) in [5, 5.41) is 2.71. The second-order valence-electron chi connectivity index (χ2n) is 4.70. The van der Waals surface area contributed by atoms with Crippen LogP contribution in [0, 0.1) is 12.7 Å². The molecule has 0 spiro atoms. The van der Waals surface area contributed by atoms with Crippen molar-refractivity contribution in [2.75, 3.05) is 19.5 Å². The lowest BCUT2D eigenvalue weighted by Gasteiger charge is -2.06. The lowest BCUT2D eigenvalue weighted by molar-refractivity contribution is 0.0601. The normalized spacial score (nSPS) is 10.2. The number of hydrogen-bond donors (Lipinski definition) is 1. The molecule has 0 radical (unpaired) electrons. The van der Waals surface area contributed by atoms with Crippen molar-refractivity contribution >= 4 is 34.2 Å². The molecule has 1 amide bonds. The van der Waals surface area contributed by atoms with Crippen molar-refractivity contribution in [2.24, 2.45) is 0 Å². The number of ether oxygens (including phenoxy) is 2. The molecule has 0 saturated heterocycles. The van der Waals surface area contributed by atoms with Gasteiger partial charge in [-0.3, -0.25) is 4.79 Å². The Hall–Kier alpha value is -2.74. The van der Waals surface area contributed by atoms with Gasteiger partial charge in [-0.25, -0.2) is 14.0 Å². The smallest absolute Gasteiger partial charge is 0.348 e. The number of rotatable bonds is 4. The molecule has 2 rings (SSSR count). The molecule has 6 nitrogen and oxygen atoms in total. The van der Waals surface area contributed by atoms with Gasteiger partial charge < -0.3 is 14.8 Å². The molecule has 1 aromatic heterocycles. The molecule has 24 heavy (non-hydrogen) atoms. The summed E-state index contributed by atoms with van der Waals surface area (Å²) in [5.74, 6) is -2.32. The summed E-state index contributed by atoms with van der Waals surface area (Å²) in [7, 11) is 2.42. The standard InChI is InChI=1S/C16H14FNO5S/c1-8-11(15(20)22-2)14(24-12(8)16(21)23-3)18-13(19)9-4-6-10(17)7-5-9/h4-7H,1-3H3,(H,18,19). The number of amides is 1. The number of anilines is 1. The van der Waals surface area contributed by atoms with Crippen LogP contribution in [-0.4, -0.2) is 32.1 Å². The molecule has 1 aromatic carbocycles. The van der Waals surface area contributed by atoms with Gasteiger partial charge in [0.25, 0.3) is 5.91 Å². The van der Waals surface area contributed by atoms with E-state index in [0.717, 1.165) is 23.5 Å². The van der Waals surface area contributed by atoms with Crippen LogP contribution in [0.2, 0.25) is 0 Å². The van der Waals surface area contributed by atoms with Gasteiger partial charge in [0.1, 0.15) is 15.7 Å². The summed E-state index contributed by atoms with van der Waals surface area (Å²) in [6, 6.07) is 4.92. The van der Waals surface area contributed by atoms with E-state index in [2.05, 4.69) is 10.1 Å². The molecule has 0 saturated carbocycles. The van der Waals surface area contributed by atoms with E-state index in [0.29, 0.717) is 5.56 Å². The van der Waals surface area contributed by atoms with Crippen molar-refractivity contribution in [1.82, 2.24) is 0 Å². The molecular formula is C16H14FNO5S. The van der Waals surface area contributed by atoms with Crippen LogP contribution in [0.5, 0.6) is 0 Å². The van der Waals surface area contributed by atoms with E-state index in [1.807, 2.05) is 0 Å². The van der Waals surface area contributed by atoms with Gasteiger partial charge >= 0.3 is 11.9 Å². The monoisotopic (exact) mass is 351 g/mol. The van der Waals surface area contributed by atoms with Crippen LogP contribution in [0.25, 0.3) is 0 Å². The molecule has 1 N–H and O–H groups in total. The van der Waals surface area contributed by atoms with Crippen LogP contribution in [0.1, 0.15) is 36.0 Å². The van der Waals surface area contributed by atoms with Crippen molar-refractivity contribution in [3.8, 4) is 0 Å². The Morgan fingerprint density at radius 3 is 2.17 bits per heavy atom. The van der Waals surface area contributed by atoms with E-state index in [1.54, 1.807) is 6.92 Å². The molecule has 0 aliphatic heterocycles. The van der Waals surface area contributed by atoms with Gasteiger partial charge in [-0.05, 0) is 36.8 Å². The van der Waals surface area contributed by atoms with Crippen molar-refractivity contribution in [3.63, 3.8) is 0 Å². The van der Waals surface area contributed by atoms with Gasteiger partial charge in [0.2, 0.25) is 0 Å². The average Bonchev–Trinajstić information content (AvgIpc) is 2.90. The Bertz CT molecular complexity index is 798. The topological polar surface area (TPSA) is 81.7 Å². The third-order valence-electron chi connectivity index (χ3n) is 3.24. The number of carbonyl (C=O) groups is 3. The lowest BCUT2D eigenvalue weighted by Crippen LogP contribution is -2.14. The Labute approximate surface area is 141 Å². The quantitative estimate of drug-likeness (QED) is 0.856. The highest BCUT2D eigenvalue weighted by molar-refractivity contribution is 7.18. The fraction of sp³-hybridized carbons (Fsp3) is 0.188. The van der Waals surface area contributed by atoms with Crippen LogP contribution in [0.3, 0.4) is 0 Å². The largest absolute Gasteiger partial charge is 0.465 e. The van der Waals surface area contributed by atoms with Gasteiger partial charge in [0.15, 0.2) is 0 Å². The van der Waals surface area contributed by atoms with E-state index >= 15 is 0 Å².